The first-order valence-corrected chi connectivity index (χ1v) is 5.80. The maximum atomic E-state index is 11.7. The molecule has 1 aliphatic heterocycles. The smallest absolute Gasteiger partial charge is 0.248 e. The molecule has 1 saturated heterocycles. The van der Waals surface area contributed by atoms with E-state index in [0.717, 1.165) is 0 Å². The van der Waals surface area contributed by atoms with E-state index < -0.39 is 0 Å². The summed E-state index contributed by atoms with van der Waals surface area (Å²) in [5.74, 6) is -0.250. The molecule has 2 amide bonds. The van der Waals surface area contributed by atoms with Crippen LogP contribution >= 0.6 is 0 Å². The summed E-state index contributed by atoms with van der Waals surface area (Å²) in [6, 6.07) is 0. The molecule has 100 valence electrons. The van der Waals surface area contributed by atoms with Gasteiger partial charge in [0.05, 0.1) is 13.3 Å². The molecule has 18 heavy (non-hydrogen) atoms. The fourth-order valence-electron chi connectivity index (χ4n) is 1.61. The van der Waals surface area contributed by atoms with Crippen molar-refractivity contribution in [2.75, 3.05) is 26.6 Å². The Bertz CT molecular complexity index is 343. The van der Waals surface area contributed by atoms with E-state index in [4.69, 9.17) is 4.84 Å². The van der Waals surface area contributed by atoms with Gasteiger partial charge in [-0.1, -0.05) is 19.6 Å². The summed E-state index contributed by atoms with van der Waals surface area (Å²) in [4.78, 5) is 31.7. The Hall–Kier alpha value is -1.66. The van der Waals surface area contributed by atoms with Crippen molar-refractivity contribution in [1.82, 2.24) is 14.9 Å². The van der Waals surface area contributed by atoms with Gasteiger partial charge in [-0.25, -0.2) is 0 Å². The minimum atomic E-state index is -0.226. The number of hydrogen-bond acceptors (Lipinski definition) is 4. The SMILES string of the molecule is C=CCON1CN(C(=O)C=C)CN(C(=O)CC)C1. The molecular formula is C12H19N3O3. The molecule has 0 saturated carbocycles. The van der Waals surface area contributed by atoms with E-state index in [1.54, 1.807) is 23.0 Å². The van der Waals surface area contributed by atoms with Gasteiger partial charge in [0.25, 0.3) is 0 Å². The zero-order valence-electron chi connectivity index (χ0n) is 10.7. The van der Waals surface area contributed by atoms with Gasteiger partial charge in [-0.2, -0.15) is 0 Å². The molecular weight excluding hydrogens is 234 g/mol. The topological polar surface area (TPSA) is 53.1 Å². The zero-order chi connectivity index (χ0) is 13.5. The van der Waals surface area contributed by atoms with Crippen molar-refractivity contribution in [2.24, 2.45) is 0 Å². The molecule has 0 radical (unpaired) electrons. The molecule has 1 aliphatic rings. The third kappa shape index (κ3) is 3.68. The van der Waals surface area contributed by atoms with Crippen LogP contribution in [-0.4, -0.2) is 53.3 Å². The van der Waals surface area contributed by atoms with Crippen LogP contribution in [0.1, 0.15) is 13.3 Å². The highest BCUT2D eigenvalue weighted by Gasteiger charge is 2.28. The van der Waals surface area contributed by atoms with E-state index in [0.29, 0.717) is 26.4 Å². The summed E-state index contributed by atoms with van der Waals surface area (Å²) in [7, 11) is 0. The summed E-state index contributed by atoms with van der Waals surface area (Å²) in [5, 5.41) is 1.56. The van der Waals surface area contributed by atoms with Crippen molar-refractivity contribution in [3.63, 3.8) is 0 Å². The third-order valence-corrected chi connectivity index (χ3v) is 2.51. The Morgan fingerprint density at radius 1 is 1.22 bits per heavy atom. The number of nitrogens with zero attached hydrogens (tertiary/aromatic N) is 3. The van der Waals surface area contributed by atoms with Gasteiger partial charge in [-0.3, -0.25) is 14.4 Å². The van der Waals surface area contributed by atoms with Crippen molar-refractivity contribution in [3.8, 4) is 0 Å². The fourth-order valence-corrected chi connectivity index (χ4v) is 1.61. The molecule has 1 fully saturated rings. The molecule has 0 aromatic carbocycles. The number of carbonyl (C=O) groups excluding carboxylic acids is 2. The largest absolute Gasteiger partial charge is 0.310 e. The lowest BCUT2D eigenvalue weighted by molar-refractivity contribution is -0.225. The molecule has 6 nitrogen and oxygen atoms in total. The minimum absolute atomic E-state index is 0.0243. The number of amides is 2. The van der Waals surface area contributed by atoms with Crippen molar-refractivity contribution < 1.29 is 14.4 Å². The van der Waals surface area contributed by atoms with Crippen LogP contribution in [0.4, 0.5) is 0 Å². The van der Waals surface area contributed by atoms with Gasteiger partial charge >= 0.3 is 0 Å². The number of hydrogen-bond donors (Lipinski definition) is 0. The second kappa shape index (κ2) is 6.93. The average Bonchev–Trinajstić information content (AvgIpc) is 2.42. The monoisotopic (exact) mass is 253 g/mol. The summed E-state index contributed by atoms with van der Waals surface area (Å²) >= 11 is 0. The summed E-state index contributed by atoms with van der Waals surface area (Å²) in [6.45, 7) is 10.1. The molecule has 0 aliphatic carbocycles. The van der Waals surface area contributed by atoms with Crippen molar-refractivity contribution in [3.05, 3.63) is 25.3 Å². The zero-order valence-corrected chi connectivity index (χ0v) is 10.7. The van der Waals surface area contributed by atoms with Crippen LogP contribution in [0.3, 0.4) is 0 Å². The summed E-state index contributed by atoms with van der Waals surface area (Å²) in [5.41, 5.74) is 0. The van der Waals surface area contributed by atoms with Crippen LogP contribution in [-0.2, 0) is 14.4 Å². The lowest BCUT2D eigenvalue weighted by Crippen LogP contribution is -2.57. The highest BCUT2D eigenvalue weighted by atomic mass is 16.7. The van der Waals surface area contributed by atoms with Crippen LogP contribution in [0, 0.1) is 0 Å². The summed E-state index contributed by atoms with van der Waals surface area (Å²) in [6.07, 6.45) is 3.23. The molecule has 0 atom stereocenters. The molecule has 0 spiro atoms. The second-order valence-corrected chi connectivity index (χ2v) is 3.86. The lowest BCUT2D eigenvalue weighted by atomic mass is 10.4. The molecule has 0 bridgehead atoms. The van der Waals surface area contributed by atoms with Gasteiger partial charge in [0.15, 0.2) is 0 Å². The molecule has 0 aromatic rings. The minimum Gasteiger partial charge on any atom is -0.310 e. The first-order valence-electron chi connectivity index (χ1n) is 5.80. The van der Waals surface area contributed by atoms with E-state index in [9.17, 15) is 9.59 Å². The quantitative estimate of drug-likeness (QED) is 0.530. The Balaban J connectivity index is 2.71. The Kier molecular flexibility index (Phi) is 5.54. The van der Waals surface area contributed by atoms with Crippen molar-refractivity contribution >= 4 is 11.8 Å². The van der Waals surface area contributed by atoms with Crippen LogP contribution in [0.15, 0.2) is 25.3 Å². The molecule has 1 heterocycles. The summed E-state index contributed by atoms with van der Waals surface area (Å²) < 4.78 is 0. The predicted octanol–water partition coefficient (Wildman–Crippen LogP) is 0.545. The Labute approximate surface area is 107 Å². The Morgan fingerprint density at radius 2 is 1.89 bits per heavy atom. The molecule has 0 unspecified atom stereocenters. The van der Waals surface area contributed by atoms with Crippen molar-refractivity contribution in [1.29, 1.82) is 0 Å². The number of rotatable bonds is 5. The predicted molar refractivity (Wildman–Crippen MR) is 66.8 cm³/mol. The molecule has 0 N–H and O–H groups in total. The second-order valence-electron chi connectivity index (χ2n) is 3.86. The van der Waals surface area contributed by atoms with Crippen LogP contribution in [0.25, 0.3) is 0 Å². The number of hydroxylamine groups is 2. The number of carbonyl (C=O) groups is 2. The molecule has 1 rings (SSSR count). The highest BCUT2D eigenvalue weighted by Crippen LogP contribution is 2.10. The van der Waals surface area contributed by atoms with Gasteiger partial charge in [0.1, 0.15) is 13.3 Å². The van der Waals surface area contributed by atoms with E-state index in [-0.39, 0.29) is 18.5 Å². The van der Waals surface area contributed by atoms with Crippen molar-refractivity contribution in [2.45, 2.75) is 13.3 Å². The van der Waals surface area contributed by atoms with Gasteiger partial charge in [0, 0.05) is 6.42 Å². The van der Waals surface area contributed by atoms with E-state index >= 15 is 0 Å². The normalized spacial score (nSPS) is 16.5. The maximum absolute atomic E-state index is 11.7. The maximum Gasteiger partial charge on any atom is 0.248 e. The molecule has 6 heteroatoms. The van der Waals surface area contributed by atoms with E-state index in [1.165, 1.54) is 11.0 Å². The standard InChI is InChI=1S/C12H19N3O3/c1-4-7-18-15-9-13(11(16)5-2)8-14(10-15)12(17)6-3/h4-5H,1-2,6-10H2,3H3. The van der Waals surface area contributed by atoms with Gasteiger partial charge < -0.3 is 9.80 Å². The van der Waals surface area contributed by atoms with E-state index in [1.807, 2.05) is 0 Å². The average molecular weight is 253 g/mol. The fraction of sp³-hybridized carbons (Fsp3) is 0.500. The third-order valence-electron chi connectivity index (χ3n) is 2.51. The first-order chi connectivity index (χ1) is 8.62. The highest BCUT2D eigenvalue weighted by molar-refractivity contribution is 5.87. The van der Waals surface area contributed by atoms with Gasteiger partial charge in [-0.05, 0) is 6.08 Å². The Morgan fingerprint density at radius 3 is 2.44 bits per heavy atom. The lowest BCUT2D eigenvalue weighted by Gasteiger charge is -2.40. The first kappa shape index (κ1) is 14.4. The van der Waals surface area contributed by atoms with Gasteiger partial charge in [-0.15, -0.1) is 11.6 Å². The van der Waals surface area contributed by atoms with E-state index in [2.05, 4.69) is 13.2 Å². The molecule has 0 aromatic heterocycles. The van der Waals surface area contributed by atoms with Crippen LogP contribution in [0.5, 0.6) is 0 Å². The van der Waals surface area contributed by atoms with Crippen LogP contribution in [0.2, 0.25) is 0 Å². The van der Waals surface area contributed by atoms with Gasteiger partial charge in [0.2, 0.25) is 11.8 Å². The van der Waals surface area contributed by atoms with Crippen LogP contribution < -0.4 is 0 Å².